The lowest BCUT2D eigenvalue weighted by atomic mass is 10.3. The van der Waals surface area contributed by atoms with E-state index in [-0.39, 0.29) is 11.9 Å². The van der Waals surface area contributed by atoms with Gasteiger partial charge in [0.05, 0.1) is 6.54 Å². The number of nitrogens with zero attached hydrogens (tertiary/aromatic N) is 1. The molecule has 96 valence electrons. The van der Waals surface area contributed by atoms with Gasteiger partial charge in [0, 0.05) is 18.6 Å². The minimum Gasteiger partial charge on any atom is -0.351 e. The Morgan fingerprint density at radius 3 is 2.19 bits per heavy atom. The molecule has 0 saturated carbocycles. The van der Waals surface area contributed by atoms with Crippen LogP contribution in [0.4, 0.5) is 0 Å². The fourth-order valence-corrected chi connectivity index (χ4v) is 1.54. The standard InChI is InChI=1S/C12H27N3O/c1-6-15(7-2)9-11(5)14-12(16)8-13-10(3)4/h10-11,13H,6-9H2,1-5H3,(H,14,16). The van der Waals surface area contributed by atoms with Crippen molar-refractivity contribution in [2.24, 2.45) is 0 Å². The zero-order valence-electron chi connectivity index (χ0n) is 11.3. The number of rotatable bonds is 8. The van der Waals surface area contributed by atoms with Crippen LogP contribution in [0.5, 0.6) is 0 Å². The van der Waals surface area contributed by atoms with Crippen LogP contribution in [0.3, 0.4) is 0 Å². The van der Waals surface area contributed by atoms with E-state index in [4.69, 9.17) is 0 Å². The monoisotopic (exact) mass is 229 g/mol. The van der Waals surface area contributed by atoms with Gasteiger partial charge in [-0.15, -0.1) is 0 Å². The lowest BCUT2D eigenvalue weighted by Crippen LogP contribution is -2.45. The molecule has 2 N–H and O–H groups in total. The van der Waals surface area contributed by atoms with Gasteiger partial charge in [-0.3, -0.25) is 4.79 Å². The predicted octanol–water partition coefficient (Wildman–Crippen LogP) is 0.831. The van der Waals surface area contributed by atoms with E-state index in [2.05, 4.69) is 29.4 Å². The van der Waals surface area contributed by atoms with E-state index in [9.17, 15) is 4.79 Å². The van der Waals surface area contributed by atoms with Crippen molar-refractivity contribution in [1.82, 2.24) is 15.5 Å². The molecule has 0 rings (SSSR count). The Bertz CT molecular complexity index is 191. The summed E-state index contributed by atoms with van der Waals surface area (Å²) in [5, 5.41) is 6.10. The Labute approximate surface area is 99.8 Å². The maximum atomic E-state index is 11.5. The molecule has 0 saturated heterocycles. The molecule has 0 aliphatic heterocycles. The minimum absolute atomic E-state index is 0.0772. The van der Waals surface area contributed by atoms with Crippen molar-refractivity contribution in [3.8, 4) is 0 Å². The highest BCUT2D eigenvalue weighted by Gasteiger charge is 2.10. The Hall–Kier alpha value is -0.610. The summed E-state index contributed by atoms with van der Waals surface area (Å²) in [7, 11) is 0. The molecule has 0 spiro atoms. The second-order valence-electron chi connectivity index (χ2n) is 4.49. The van der Waals surface area contributed by atoms with Gasteiger partial charge in [0.25, 0.3) is 0 Å². The van der Waals surface area contributed by atoms with Gasteiger partial charge in [-0.2, -0.15) is 0 Å². The normalized spacial score (nSPS) is 13.2. The summed E-state index contributed by atoms with van der Waals surface area (Å²) in [6.45, 7) is 13.8. The molecule has 1 atom stereocenters. The van der Waals surface area contributed by atoms with Gasteiger partial charge >= 0.3 is 0 Å². The first-order chi connectivity index (χ1) is 7.49. The van der Waals surface area contributed by atoms with Gasteiger partial charge in [-0.1, -0.05) is 27.7 Å². The molecule has 0 fully saturated rings. The van der Waals surface area contributed by atoms with Crippen molar-refractivity contribution < 1.29 is 4.79 Å². The Morgan fingerprint density at radius 1 is 1.19 bits per heavy atom. The third-order valence-corrected chi connectivity index (χ3v) is 2.50. The highest BCUT2D eigenvalue weighted by atomic mass is 16.1. The fourth-order valence-electron chi connectivity index (χ4n) is 1.54. The van der Waals surface area contributed by atoms with Gasteiger partial charge < -0.3 is 15.5 Å². The minimum atomic E-state index is 0.0772. The summed E-state index contributed by atoms with van der Waals surface area (Å²) in [4.78, 5) is 13.8. The number of amides is 1. The highest BCUT2D eigenvalue weighted by Crippen LogP contribution is 1.91. The van der Waals surface area contributed by atoms with E-state index in [1.807, 2.05) is 20.8 Å². The molecule has 1 unspecified atom stereocenters. The molecule has 4 heteroatoms. The SMILES string of the molecule is CCN(CC)CC(C)NC(=O)CNC(C)C. The Kier molecular flexibility index (Phi) is 8.21. The Morgan fingerprint density at radius 2 is 1.75 bits per heavy atom. The van der Waals surface area contributed by atoms with Crippen molar-refractivity contribution in [2.75, 3.05) is 26.2 Å². The molecular formula is C12H27N3O. The number of carbonyl (C=O) groups excluding carboxylic acids is 1. The first-order valence-electron chi connectivity index (χ1n) is 6.24. The average Bonchev–Trinajstić information content (AvgIpc) is 2.23. The van der Waals surface area contributed by atoms with E-state index >= 15 is 0 Å². The van der Waals surface area contributed by atoms with Crippen LogP contribution < -0.4 is 10.6 Å². The molecule has 0 aliphatic rings. The summed E-state index contributed by atoms with van der Waals surface area (Å²) < 4.78 is 0. The van der Waals surface area contributed by atoms with Gasteiger partial charge in [-0.25, -0.2) is 0 Å². The number of carbonyl (C=O) groups is 1. The van der Waals surface area contributed by atoms with Gasteiger partial charge in [0.15, 0.2) is 0 Å². The fraction of sp³-hybridized carbons (Fsp3) is 0.917. The van der Waals surface area contributed by atoms with E-state index in [1.54, 1.807) is 0 Å². The number of hydrogen-bond acceptors (Lipinski definition) is 3. The molecule has 0 radical (unpaired) electrons. The van der Waals surface area contributed by atoms with E-state index in [0.29, 0.717) is 12.6 Å². The Balaban J connectivity index is 3.77. The van der Waals surface area contributed by atoms with Crippen LogP contribution >= 0.6 is 0 Å². The first-order valence-corrected chi connectivity index (χ1v) is 6.24. The number of likely N-dealkylation sites (N-methyl/N-ethyl adjacent to an activating group) is 1. The second-order valence-corrected chi connectivity index (χ2v) is 4.49. The van der Waals surface area contributed by atoms with Crippen LogP contribution in [0.15, 0.2) is 0 Å². The van der Waals surface area contributed by atoms with E-state index < -0.39 is 0 Å². The summed E-state index contributed by atoms with van der Waals surface area (Å²) >= 11 is 0. The third-order valence-electron chi connectivity index (χ3n) is 2.50. The smallest absolute Gasteiger partial charge is 0.234 e. The van der Waals surface area contributed by atoms with Crippen molar-refractivity contribution in [3.05, 3.63) is 0 Å². The number of hydrogen-bond donors (Lipinski definition) is 2. The largest absolute Gasteiger partial charge is 0.351 e. The molecule has 4 nitrogen and oxygen atoms in total. The summed E-state index contributed by atoms with van der Waals surface area (Å²) in [5.74, 6) is 0.0772. The molecule has 0 aromatic carbocycles. The second kappa shape index (κ2) is 8.53. The first kappa shape index (κ1) is 15.4. The van der Waals surface area contributed by atoms with Gasteiger partial charge in [0.2, 0.25) is 5.91 Å². The van der Waals surface area contributed by atoms with Crippen molar-refractivity contribution in [3.63, 3.8) is 0 Å². The van der Waals surface area contributed by atoms with Crippen LogP contribution in [-0.4, -0.2) is 49.1 Å². The van der Waals surface area contributed by atoms with Crippen molar-refractivity contribution in [1.29, 1.82) is 0 Å². The quantitative estimate of drug-likeness (QED) is 0.648. The van der Waals surface area contributed by atoms with Crippen LogP contribution in [0.1, 0.15) is 34.6 Å². The predicted molar refractivity (Wildman–Crippen MR) is 68.5 cm³/mol. The lowest BCUT2D eigenvalue weighted by Gasteiger charge is -2.23. The maximum Gasteiger partial charge on any atom is 0.234 e. The van der Waals surface area contributed by atoms with Crippen LogP contribution in [-0.2, 0) is 4.79 Å². The van der Waals surface area contributed by atoms with Crippen molar-refractivity contribution >= 4 is 5.91 Å². The van der Waals surface area contributed by atoms with E-state index in [1.165, 1.54) is 0 Å². The molecular weight excluding hydrogens is 202 g/mol. The molecule has 16 heavy (non-hydrogen) atoms. The summed E-state index contributed by atoms with van der Waals surface area (Å²) in [5.41, 5.74) is 0. The van der Waals surface area contributed by atoms with Crippen LogP contribution in [0.25, 0.3) is 0 Å². The lowest BCUT2D eigenvalue weighted by molar-refractivity contribution is -0.121. The van der Waals surface area contributed by atoms with E-state index in [0.717, 1.165) is 19.6 Å². The summed E-state index contributed by atoms with van der Waals surface area (Å²) in [6, 6.07) is 0.560. The van der Waals surface area contributed by atoms with Crippen LogP contribution in [0, 0.1) is 0 Å². The molecule has 0 aliphatic carbocycles. The average molecular weight is 229 g/mol. The molecule has 1 amide bonds. The van der Waals surface area contributed by atoms with Gasteiger partial charge in [-0.05, 0) is 20.0 Å². The highest BCUT2D eigenvalue weighted by molar-refractivity contribution is 5.78. The molecule has 0 aromatic rings. The zero-order valence-corrected chi connectivity index (χ0v) is 11.3. The van der Waals surface area contributed by atoms with Crippen LogP contribution in [0.2, 0.25) is 0 Å². The topological polar surface area (TPSA) is 44.4 Å². The van der Waals surface area contributed by atoms with Gasteiger partial charge in [0.1, 0.15) is 0 Å². The van der Waals surface area contributed by atoms with Crippen molar-refractivity contribution in [2.45, 2.75) is 46.7 Å². The number of nitrogens with one attached hydrogen (secondary N) is 2. The maximum absolute atomic E-state index is 11.5. The molecule has 0 heterocycles. The molecule has 0 aromatic heterocycles. The third kappa shape index (κ3) is 7.65. The zero-order chi connectivity index (χ0) is 12.6. The summed E-state index contributed by atoms with van der Waals surface area (Å²) in [6.07, 6.45) is 0. The molecule has 0 bridgehead atoms.